The van der Waals surface area contributed by atoms with Crippen molar-refractivity contribution in [3.05, 3.63) is 53.3 Å². The van der Waals surface area contributed by atoms with Gasteiger partial charge in [0.1, 0.15) is 11.6 Å². The lowest BCUT2D eigenvalue weighted by molar-refractivity contribution is 0.455. The van der Waals surface area contributed by atoms with Crippen molar-refractivity contribution in [2.24, 2.45) is 0 Å². The minimum absolute atomic E-state index is 0.0412. The van der Waals surface area contributed by atoms with E-state index in [-0.39, 0.29) is 11.2 Å². The van der Waals surface area contributed by atoms with E-state index in [1.807, 2.05) is 24.3 Å². The minimum Gasteiger partial charge on any atom is -0.455 e. The summed E-state index contributed by atoms with van der Waals surface area (Å²) in [5.41, 5.74) is 7.69. The molecule has 3 heteroatoms. The predicted octanol–water partition coefficient (Wildman–Crippen LogP) is 4.81. The van der Waals surface area contributed by atoms with Crippen molar-refractivity contribution in [1.29, 1.82) is 0 Å². The molecule has 2 aromatic rings. The van der Waals surface area contributed by atoms with Crippen LogP contribution in [0.4, 0.5) is 10.1 Å². The van der Waals surface area contributed by atoms with Crippen LogP contribution < -0.4 is 10.5 Å². The van der Waals surface area contributed by atoms with Crippen LogP contribution in [0.5, 0.6) is 11.5 Å². The Morgan fingerprint density at radius 3 is 2.35 bits per heavy atom. The molecule has 0 unspecified atom stereocenters. The normalized spacial score (nSPS) is 11.4. The van der Waals surface area contributed by atoms with Gasteiger partial charge in [-0.25, -0.2) is 4.39 Å². The van der Waals surface area contributed by atoms with E-state index < -0.39 is 0 Å². The molecule has 2 aromatic carbocycles. The molecule has 0 saturated carbocycles. The number of benzene rings is 2. The zero-order valence-corrected chi connectivity index (χ0v) is 12.3. The lowest BCUT2D eigenvalue weighted by Crippen LogP contribution is -2.12. The smallest absolute Gasteiger partial charge is 0.150 e. The number of rotatable bonds is 2. The molecule has 20 heavy (non-hydrogen) atoms. The zero-order chi connectivity index (χ0) is 14.9. The van der Waals surface area contributed by atoms with Gasteiger partial charge in [-0.05, 0) is 30.0 Å². The second-order valence-electron chi connectivity index (χ2n) is 5.99. The molecule has 0 bridgehead atoms. The third kappa shape index (κ3) is 2.93. The third-order valence-electron chi connectivity index (χ3n) is 3.21. The van der Waals surface area contributed by atoms with E-state index in [1.54, 1.807) is 13.0 Å². The standard InChI is InChI=1S/C17H20FNO/c1-11-9-16(14(19)10-13(11)18)20-15-8-6-5-7-12(15)17(2,3)4/h5-10H,19H2,1-4H3. The van der Waals surface area contributed by atoms with Crippen LogP contribution >= 0.6 is 0 Å². The van der Waals surface area contributed by atoms with Crippen molar-refractivity contribution in [2.45, 2.75) is 33.1 Å². The Hall–Kier alpha value is -2.03. The van der Waals surface area contributed by atoms with Gasteiger partial charge in [0.15, 0.2) is 5.75 Å². The summed E-state index contributed by atoms with van der Waals surface area (Å²) in [5.74, 6) is 0.914. The van der Waals surface area contributed by atoms with E-state index in [0.717, 1.165) is 11.3 Å². The Morgan fingerprint density at radius 1 is 1.05 bits per heavy atom. The second-order valence-corrected chi connectivity index (χ2v) is 5.99. The van der Waals surface area contributed by atoms with E-state index in [0.29, 0.717) is 17.0 Å². The maximum absolute atomic E-state index is 13.4. The first-order valence-corrected chi connectivity index (χ1v) is 6.62. The molecule has 2 nitrogen and oxygen atoms in total. The number of nitrogen functional groups attached to an aromatic ring is 1. The number of hydrogen-bond acceptors (Lipinski definition) is 2. The van der Waals surface area contributed by atoms with Gasteiger partial charge in [0.2, 0.25) is 0 Å². The van der Waals surface area contributed by atoms with Gasteiger partial charge >= 0.3 is 0 Å². The van der Waals surface area contributed by atoms with E-state index >= 15 is 0 Å². The number of nitrogens with two attached hydrogens (primary N) is 1. The summed E-state index contributed by atoms with van der Waals surface area (Å²) in [6, 6.07) is 10.7. The highest BCUT2D eigenvalue weighted by molar-refractivity contribution is 5.56. The minimum atomic E-state index is -0.320. The number of anilines is 1. The van der Waals surface area contributed by atoms with Crippen LogP contribution in [0, 0.1) is 12.7 Å². The van der Waals surface area contributed by atoms with Crippen LogP contribution in [0.15, 0.2) is 36.4 Å². The average Bonchev–Trinajstić information content (AvgIpc) is 2.35. The highest BCUT2D eigenvalue weighted by Crippen LogP contribution is 2.36. The van der Waals surface area contributed by atoms with E-state index in [9.17, 15) is 4.39 Å². The first-order chi connectivity index (χ1) is 9.29. The van der Waals surface area contributed by atoms with Crippen molar-refractivity contribution < 1.29 is 9.13 Å². The van der Waals surface area contributed by atoms with E-state index in [4.69, 9.17) is 10.5 Å². The molecule has 0 fully saturated rings. The van der Waals surface area contributed by atoms with Gasteiger partial charge in [-0.2, -0.15) is 0 Å². The fourth-order valence-corrected chi connectivity index (χ4v) is 2.05. The van der Waals surface area contributed by atoms with Gasteiger partial charge in [-0.1, -0.05) is 39.0 Å². The summed E-state index contributed by atoms with van der Waals surface area (Å²) in [7, 11) is 0. The van der Waals surface area contributed by atoms with Gasteiger partial charge in [0.05, 0.1) is 5.69 Å². The van der Waals surface area contributed by atoms with Crippen molar-refractivity contribution >= 4 is 5.69 Å². The number of para-hydroxylation sites is 1. The summed E-state index contributed by atoms with van der Waals surface area (Å²) in [6.07, 6.45) is 0. The second kappa shape index (κ2) is 5.16. The van der Waals surface area contributed by atoms with Gasteiger partial charge in [-0.15, -0.1) is 0 Å². The van der Waals surface area contributed by atoms with E-state index in [2.05, 4.69) is 20.8 Å². The molecule has 0 aliphatic carbocycles. The quantitative estimate of drug-likeness (QED) is 0.797. The Labute approximate surface area is 119 Å². The molecule has 0 heterocycles. The maximum atomic E-state index is 13.4. The molecule has 2 rings (SSSR count). The van der Waals surface area contributed by atoms with Gasteiger partial charge in [0.25, 0.3) is 0 Å². The summed E-state index contributed by atoms with van der Waals surface area (Å²) >= 11 is 0. The SMILES string of the molecule is Cc1cc(Oc2ccccc2C(C)(C)C)c(N)cc1F. The fraction of sp³-hybridized carbons (Fsp3) is 0.294. The monoisotopic (exact) mass is 273 g/mol. The van der Waals surface area contributed by atoms with Crippen LogP contribution in [-0.2, 0) is 5.41 Å². The van der Waals surface area contributed by atoms with Crippen LogP contribution in [0.25, 0.3) is 0 Å². The van der Waals surface area contributed by atoms with Crippen molar-refractivity contribution in [3.8, 4) is 11.5 Å². The van der Waals surface area contributed by atoms with E-state index in [1.165, 1.54) is 6.07 Å². The Bertz CT molecular complexity index is 629. The highest BCUT2D eigenvalue weighted by atomic mass is 19.1. The molecule has 0 atom stereocenters. The van der Waals surface area contributed by atoms with Crippen molar-refractivity contribution in [3.63, 3.8) is 0 Å². The third-order valence-corrected chi connectivity index (χ3v) is 3.21. The Morgan fingerprint density at radius 2 is 1.70 bits per heavy atom. The topological polar surface area (TPSA) is 35.2 Å². The number of halogens is 1. The zero-order valence-electron chi connectivity index (χ0n) is 12.3. The molecule has 0 saturated heterocycles. The van der Waals surface area contributed by atoms with Crippen LogP contribution in [0.3, 0.4) is 0 Å². The molecular weight excluding hydrogens is 253 g/mol. The van der Waals surface area contributed by atoms with Crippen LogP contribution in [0.1, 0.15) is 31.9 Å². The molecule has 2 N–H and O–H groups in total. The summed E-state index contributed by atoms with van der Waals surface area (Å²) in [4.78, 5) is 0. The largest absolute Gasteiger partial charge is 0.455 e. The molecule has 0 amide bonds. The maximum Gasteiger partial charge on any atom is 0.150 e. The first kappa shape index (κ1) is 14.4. The van der Waals surface area contributed by atoms with Crippen molar-refractivity contribution in [2.75, 3.05) is 5.73 Å². The van der Waals surface area contributed by atoms with Gasteiger partial charge < -0.3 is 10.5 Å². The predicted molar refractivity (Wildman–Crippen MR) is 80.8 cm³/mol. The molecule has 0 radical (unpaired) electrons. The average molecular weight is 273 g/mol. The molecule has 0 aromatic heterocycles. The van der Waals surface area contributed by atoms with Gasteiger partial charge in [-0.3, -0.25) is 0 Å². The molecular formula is C17H20FNO. The Balaban J connectivity index is 2.43. The fourth-order valence-electron chi connectivity index (χ4n) is 2.05. The number of aryl methyl sites for hydroxylation is 1. The number of hydrogen-bond donors (Lipinski definition) is 1. The summed E-state index contributed by atoms with van der Waals surface area (Å²) in [6.45, 7) is 8.05. The van der Waals surface area contributed by atoms with Crippen LogP contribution in [-0.4, -0.2) is 0 Å². The van der Waals surface area contributed by atoms with Gasteiger partial charge in [0, 0.05) is 11.6 Å². The summed E-state index contributed by atoms with van der Waals surface area (Å²) < 4.78 is 19.3. The molecule has 106 valence electrons. The number of ether oxygens (including phenoxy) is 1. The van der Waals surface area contributed by atoms with Crippen LogP contribution in [0.2, 0.25) is 0 Å². The lowest BCUT2D eigenvalue weighted by Gasteiger charge is -2.23. The van der Waals surface area contributed by atoms with Crippen molar-refractivity contribution in [1.82, 2.24) is 0 Å². The molecule has 0 aliphatic rings. The molecule has 0 aliphatic heterocycles. The highest BCUT2D eigenvalue weighted by Gasteiger charge is 2.19. The lowest BCUT2D eigenvalue weighted by atomic mass is 9.86. The molecule has 0 spiro atoms. The first-order valence-electron chi connectivity index (χ1n) is 6.62. The summed E-state index contributed by atoms with van der Waals surface area (Å²) in [5, 5.41) is 0. The Kier molecular flexibility index (Phi) is 3.71.